The van der Waals surface area contributed by atoms with Crippen molar-refractivity contribution in [1.29, 1.82) is 0 Å². The zero-order valence-corrected chi connectivity index (χ0v) is 14.7. The number of amides is 2. The molecule has 0 unspecified atom stereocenters. The van der Waals surface area contributed by atoms with Gasteiger partial charge in [0, 0.05) is 30.3 Å². The molecule has 132 valence electrons. The minimum absolute atomic E-state index is 0.0750. The molecule has 2 amide bonds. The Balaban J connectivity index is 1.84. The molecule has 0 saturated heterocycles. The number of non-ortho nitro benzene ring substituents is 1. The Morgan fingerprint density at radius 2 is 1.85 bits per heavy atom. The molecule has 1 aromatic heterocycles. The average Bonchev–Trinajstić information content (AvgIpc) is 2.97. The van der Waals surface area contributed by atoms with E-state index < -0.39 is 4.92 Å². The summed E-state index contributed by atoms with van der Waals surface area (Å²) in [7, 11) is 0. The molecule has 2 N–H and O–H groups in total. The maximum absolute atomic E-state index is 12.3. The highest BCUT2D eigenvalue weighted by atomic mass is 32.1. The number of aromatic nitrogens is 1. The Kier molecular flexibility index (Phi) is 4.63. The lowest BCUT2D eigenvalue weighted by Crippen LogP contribution is -2.11. The number of benzene rings is 2. The molecule has 3 rings (SSSR count). The molecule has 26 heavy (non-hydrogen) atoms. The third-order valence-corrected chi connectivity index (χ3v) is 4.48. The van der Waals surface area contributed by atoms with Crippen molar-refractivity contribution in [2.24, 2.45) is 0 Å². The first-order valence-electron chi connectivity index (χ1n) is 7.58. The number of nitrogens with zero attached hydrogens (tertiary/aromatic N) is 2. The van der Waals surface area contributed by atoms with E-state index in [1.165, 1.54) is 42.5 Å². The smallest absolute Gasteiger partial charge is 0.269 e. The van der Waals surface area contributed by atoms with Crippen LogP contribution in [0, 0.1) is 17.0 Å². The van der Waals surface area contributed by atoms with Gasteiger partial charge in [0.15, 0.2) is 5.13 Å². The van der Waals surface area contributed by atoms with Crippen LogP contribution in [0.3, 0.4) is 0 Å². The van der Waals surface area contributed by atoms with Crippen LogP contribution in [0.5, 0.6) is 0 Å². The van der Waals surface area contributed by atoms with Crippen molar-refractivity contribution < 1.29 is 14.5 Å². The molecule has 0 bridgehead atoms. The lowest BCUT2D eigenvalue weighted by atomic mass is 10.1. The van der Waals surface area contributed by atoms with Gasteiger partial charge in [0.05, 0.1) is 15.1 Å². The molecule has 0 aliphatic heterocycles. The Labute approximate surface area is 152 Å². The van der Waals surface area contributed by atoms with E-state index >= 15 is 0 Å². The normalized spacial score (nSPS) is 10.5. The van der Waals surface area contributed by atoms with E-state index in [-0.39, 0.29) is 17.5 Å². The zero-order chi connectivity index (χ0) is 18.8. The number of nitro groups is 1. The molecule has 8 nitrogen and oxygen atoms in total. The molecule has 0 aliphatic rings. The van der Waals surface area contributed by atoms with Gasteiger partial charge in [-0.25, -0.2) is 4.98 Å². The van der Waals surface area contributed by atoms with Crippen molar-refractivity contribution in [2.75, 3.05) is 10.6 Å². The summed E-state index contributed by atoms with van der Waals surface area (Å²) in [6.07, 6.45) is 0. The van der Waals surface area contributed by atoms with Gasteiger partial charge in [-0.05, 0) is 36.8 Å². The molecule has 3 aromatic rings. The average molecular weight is 370 g/mol. The molecule has 0 aliphatic carbocycles. The summed E-state index contributed by atoms with van der Waals surface area (Å²) in [5.41, 5.74) is 2.43. The van der Waals surface area contributed by atoms with Gasteiger partial charge in [-0.15, -0.1) is 0 Å². The predicted octanol–water partition coefficient (Wildman–Crippen LogP) is 3.72. The monoisotopic (exact) mass is 370 g/mol. The third kappa shape index (κ3) is 3.67. The highest BCUT2D eigenvalue weighted by Crippen LogP contribution is 2.31. The fourth-order valence-corrected chi connectivity index (χ4v) is 3.44. The standard InChI is InChI=1S/C17H14N4O4S/c1-9-7-12(8-14-15(9)20-17(26-14)18-10(2)22)19-16(23)11-3-5-13(6-4-11)21(24)25/h3-8H,1-2H3,(H,19,23)(H,18,20,22). The maximum atomic E-state index is 12.3. The van der Waals surface area contributed by atoms with Gasteiger partial charge in [0.2, 0.25) is 5.91 Å². The van der Waals surface area contributed by atoms with E-state index in [9.17, 15) is 19.7 Å². The van der Waals surface area contributed by atoms with E-state index in [4.69, 9.17) is 0 Å². The first-order chi connectivity index (χ1) is 12.3. The molecule has 9 heteroatoms. The lowest BCUT2D eigenvalue weighted by Gasteiger charge is -2.06. The molecule has 0 spiro atoms. The number of aryl methyl sites for hydroxylation is 1. The van der Waals surface area contributed by atoms with Crippen LogP contribution in [-0.2, 0) is 4.79 Å². The van der Waals surface area contributed by atoms with Crippen molar-refractivity contribution in [3.8, 4) is 0 Å². The van der Waals surface area contributed by atoms with Crippen molar-refractivity contribution in [3.05, 3.63) is 57.6 Å². The van der Waals surface area contributed by atoms with Gasteiger partial charge >= 0.3 is 0 Å². The number of carbonyl (C=O) groups is 2. The Morgan fingerprint density at radius 3 is 2.46 bits per heavy atom. The number of fused-ring (bicyclic) bond motifs is 1. The molecule has 0 saturated carbocycles. The Morgan fingerprint density at radius 1 is 1.15 bits per heavy atom. The molecular formula is C17H14N4O4S. The third-order valence-electron chi connectivity index (χ3n) is 3.57. The maximum Gasteiger partial charge on any atom is 0.269 e. The molecule has 1 heterocycles. The van der Waals surface area contributed by atoms with Crippen LogP contribution in [0.1, 0.15) is 22.8 Å². The van der Waals surface area contributed by atoms with Crippen LogP contribution in [0.2, 0.25) is 0 Å². The summed E-state index contributed by atoms with van der Waals surface area (Å²) >= 11 is 1.31. The van der Waals surface area contributed by atoms with Crippen LogP contribution in [-0.4, -0.2) is 21.7 Å². The van der Waals surface area contributed by atoms with E-state index in [0.717, 1.165) is 15.8 Å². The summed E-state index contributed by atoms with van der Waals surface area (Å²) in [6.45, 7) is 3.27. The summed E-state index contributed by atoms with van der Waals surface area (Å²) in [5.74, 6) is -0.571. The van der Waals surface area contributed by atoms with Crippen LogP contribution < -0.4 is 10.6 Å². The molecular weight excluding hydrogens is 356 g/mol. The highest BCUT2D eigenvalue weighted by Gasteiger charge is 2.13. The van der Waals surface area contributed by atoms with Gasteiger partial charge in [0.1, 0.15) is 0 Å². The number of rotatable bonds is 4. The van der Waals surface area contributed by atoms with Crippen molar-refractivity contribution in [1.82, 2.24) is 4.98 Å². The second-order valence-electron chi connectivity index (χ2n) is 5.60. The van der Waals surface area contributed by atoms with E-state index in [1.807, 2.05) is 6.92 Å². The van der Waals surface area contributed by atoms with Crippen LogP contribution >= 0.6 is 11.3 Å². The highest BCUT2D eigenvalue weighted by molar-refractivity contribution is 7.22. The fourth-order valence-electron chi connectivity index (χ4n) is 2.41. The van der Waals surface area contributed by atoms with Crippen LogP contribution in [0.15, 0.2) is 36.4 Å². The second-order valence-corrected chi connectivity index (χ2v) is 6.63. The second kappa shape index (κ2) is 6.89. The molecule has 0 fully saturated rings. The number of carbonyl (C=O) groups excluding carboxylic acids is 2. The zero-order valence-electron chi connectivity index (χ0n) is 13.9. The summed E-state index contributed by atoms with van der Waals surface area (Å²) in [5, 5.41) is 16.6. The van der Waals surface area contributed by atoms with Crippen molar-refractivity contribution in [3.63, 3.8) is 0 Å². The quantitative estimate of drug-likeness (QED) is 0.536. The van der Waals surface area contributed by atoms with E-state index in [0.29, 0.717) is 16.4 Å². The SMILES string of the molecule is CC(=O)Nc1nc2c(C)cc(NC(=O)c3ccc([N+](=O)[O-])cc3)cc2s1. The predicted molar refractivity (Wildman–Crippen MR) is 99.7 cm³/mol. The van der Waals surface area contributed by atoms with Gasteiger partial charge < -0.3 is 10.6 Å². The minimum atomic E-state index is -0.518. The van der Waals surface area contributed by atoms with Crippen molar-refractivity contribution >= 4 is 49.9 Å². The van der Waals surface area contributed by atoms with E-state index in [2.05, 4.69) is 15.6 Å². The van der Waals surface area contributed by atoms with Crippen molar-refractivity contribution in [2.45, 2.75) is 13.8 Å². The first kappa shape index (κ1) is 17.5. The number of anilines is 2. The van der Waals surface area contributed by atoms with Gasteiger partial charge in [-0.1, -0.05) is 11.3 Å². The number of hydrogen-bond acceptors (Lipinski definition) is 6. The molecule has 2 aromatic carbocycles. The van der Waals surface area contributed by atoms with Crippen LogP contribution in [0.25, 0.3) is 10.2 Å². The first-order valence-corrected chi connectivity index (χ1v) is 8.40. The van der Waals surface area contributed by atoms with Gasteiger partial charge in [-0.2, -0.15) is 0 Å². The van der Waals surface area contributed by atoms with E-state index in [1.54, 1.807) is 12.1 Å². The Hall–Kier alpha value is -3.33. The summed E-state index contributed by atoms with van der Waals surface area (Å²) < 4.78 is 0.827. The summed E-state index contributed by atoms with van der Waals surface area (Å²) in [6, 6.07) is 8.93. The van der Waals surface area contributed by atoms with Gasteiger partial charge in [-0.3, -0.25) is 19.7 Å². The van der Waals surface area contributed by atoms with Gasteiger partial charge in [0.25, 0.3) is 11.6 Å². The summed E-state index contributed by atoms with van der Waals surface area (Å²) in [4.78, 5) is 38.0. The van der Waals surface area contributed by atoms with Crippen LogP contribution in [0.4, 0.5) is 16.5 Å². The number of nitrogens with one attached hydrogen (secondary N) is 2. The number of thiazole rings is 1. The number of hydrogen-bond donors (Lipinski definition) is 2. The minimum Gasteiger partial charge on any atom is -0.322 e. The molecule has 0 radical (unpaired) electrons. The number of nitro benzene ring substituents is 1. The topological polar surface area (TPSA) is 114 Å². The molecule has 0 atom stereocenters. The lowest BCUT2D eigenvalue weighted by molar-refractivity contribution is -0.384. The fraction of sp³-hybridized carbons (Fsp3) is 0.118. The largest absolute Gasteiger partial charge is 0.322 e. The Bertz CT molecular complexity index is 1030.